The highest BCUT2D eigenvalue weighted by molar-refractivity contribution is 5.11. The number of hydrogen-bond donors (Lipinski definition) is 1. The minimum atomic E-state index is 0.194. The molecule has 1 N–H and O–H groups in total. The lowest BCUT2D eigenvalue weighted by Crippen LogP contribution is -2.33. The van der Waals surface area contributed by atoms with Crippen LogP contribution in [-0.2, 0) is 4.74 Å². The molecule has 1 aliphatic heterocycles. The lowest BCUT2D eigenvalue weighted by Gasteiger charge is -2.28. The van der Waals surface area contributed by atoms with Crippen LogP contribution in [0.2, 0.25) is 0 Å². The zero-order chi connectivity index (χ0) is 10.7. The van der Waals surface area contributed by atoms with E-state index in [4.69, 9.17) is 9.15 Å². The first kappa shape index (κ1) is 10.7. The first-order valence-corrected chi connectivity index (χ1v) is 5.66. The van der Waals surface area contributed by atoms with Gasteiger partial charge in [-0.2, -0.15) is 0 Å². The van der Waals surface area contributed by atoms with Gasteiger partial charge in [0.2, 0.25) is 0 Å². The Kier molecular flexibility index (Phi) is 3.44. The number of furan rings is 1. The molecule has 2 atom stereocenters. The van der Waals surface area contributed by atoms with Crippen molar-refractivity contribution < 1.29 is 9.15 Å². The van der Waals surface area contributed by atoms with E-state index < -0.39 is 0 Å². The summed E-state index contributed by atoms with van der Waals surface area (Å²) in [7, 11) is 1.96. The van der Waals surface area contributed by atoms with Gasteiger partial charge in [0.1, 0.15) is 11.5 Å². The van der Waals surface area contributed by atoms with Crippen LogP contribution in [0.25, 0.3) is 0 Å². The summed E-state index contributed by atoms with van der Waals surface area (Å²) in [5, 5.41) is 3.28. The molecule has 3 heteroatoms. The van der Waals surface area contributed by atoms with Crippen molar-refractivity contribution in [3.05, 3.63) is 23.7 Å². The van der Waals surface area contributed by atoms with Gasteiger partial charge in [-0.25, -0.2) is 0 Å². The van der Waals surface area contributed by atoms with Crippen LogP contribution in [-0.4, -0.2) is 19.8 Å². The van der Waals surface area contributed by atoms with E-state index in [0.717, 1.165) is 24.5 Å². The smallest absolute Gasteiger partial charge is 0.123 e. The molecule has 0 aliphatic carbocycles. The van der Waals surface area contributed by atoms with E-state index in [0.29, 0.717) is 0 Å². The van der Waals surface area contributed by atoms with Gasteiger partial charge in [-0.3, -0.25) is 0 Å². The van der Waals surface area contributed by atoms with Crippen molar-refractivity contribution in [1.29, 1.82) is 0 Å². The summed E-state index contributed by atoms with van der Waals surface area (Å²) in [6.45, 7) is 2.85. The van der Waals surface area contributed by atoms with Crippen molar-refractivity contribution in [2.24, 2.45) is 0 Å². The van der Waals surface area contributed by atoms with Crippen LogP contribution in [0, 0.1) is 6.92 Å². The second-order valence-electron chi connectivity index (χ2n) is 4.12. The fraction of sp³-hybridized carbons (Fsp3) is 0.667. The third-order valence-corrected chi connectivity index (χ3v) is 2.97. The van der Waals surface area contributed by atoms with Gasteiger partial charge >= 0.3 is 0 Å². The van der Waals surface area contributed by atoms with Crippen molar-refractivity contribution in [2.75, 3.05) is 13.7 Å². The van der Waals surface area contributed by atoms with Gasteiger partial charge < -0.3 is 14.5 Å². The number of nitrogens with one attached hydrogen (secondary N) is 1. The summed E-state index contributed by atoms with van der Waals surface area (Å²) in [4.78, 5) is 0. The highest BCUT2D eigenvalue weighted by Gasteiger charge is 2.26. The molecule has 2 rings (SSSR count). The van der Waals surface area contributed by atoms with Gasteiger partial charge in [0, 0.05) is 6.61 Å². The summed E-state index contributed by atoms with van der Waals surface area (Å²) in [5.41, 5.74) is 0. The molecule has 0 amide bonds. The maximum Gasteiger partial charge on any atom is 0.123 e. The van der Waals surface area contributed by atoms with Crippen molar-refractivity contribution in [3.63, 3.8) is 0 Å². The van der Waals surface area contributed by atoms with Crippen LogP contribution >= 0.6 is 0 Å². The molecule has 1 aromatic rings. The van der Waals surface area contributed by atoms with E-state index in [1.54, 1.807) is 0 Å². The monoisotopic (exact) mass is 209 g/mol. The Morgan fingerprint density at radius 3 is 2.80 bits per heavy atom. The van der Waals surface area contributed by atoms with Gasteiger partial charge in [0.25, 0.3) is 0 Å². The number of hydrogen-bond acceptors (Lipinski definition) is 3. The summed E-state index contributed by atoms with van der Waals surface area (Å²) in [5.74, 6) is 1.95. The molecular weight excluding hydrogens is 190 g/mol. The first-order valence-electron chi connectivity index (χ1n) is 5.66. The Hall–Kier alpha value is -0.800. The van der Waals surface area contributed by atoms with Crippen molar-refractivity contribution in [1.82, 2.24) is 5.32 Å². The van der Waals surface area contributed by atoms with Crippen LogP contribution in [0.5, 0.6) is 0 Å². The third-order valence-electron chi connectivity index (χ3n) is 2.97. The maximum absolute atomic E-state index is 5.77. The molecule has 1 aromatic heterocycles. The van der Waals surface area contributed by atoms with Crippen LogP contribution in [0.15, 0.2) is 16.5 Å². The molecule has 0 aromatic carbocycles. The zero-order valence-electron chi connectivity index (χ0n) is 9.45. The fourth-order valence-corrected chi connectivity index (χ4v) is 2.16. The largest absolute Gasteiger partial charge is 0.465 e. The lowest BCUT2D eigenvalue weighted by atomic mass is 10.0. The molecular formula is C12H19NO2. The molecule has 0 bridgehead atoms. The normalized spacial score (nSPS) is 24.0. The molecule has 0 radical (unpaired) electrons. The third kappa shape index (κ3) is 2.41. The molecule has 3 nitrogen and oxygen atoms in total. The molecule has 84 valence electrons. The predicted octanol–water partition coefficient (Wildman–Crippen LogP) is 2.42. The Balaban J connectivity index is 2.08. The van der Waals surface area contributed by atoms with E-state index in [9.17, 15) is 0 Å². The van der Waals surface area contributed by atoms with Crippen LogP contribution in [0.1, 0.15) is 36.8 Å². The average Bonchev–Trinajstić information content (AvgIpc) is 2.68. The quantitative estimate of drug-likeness (QED) is 0.830. The van der Waals surface area contributed by atoms with Crippen LogP contribution in [0.3, 0.4) is 0 Å². The van der Waals surface area contributed by atoms with E-state index >= 15 is 0 Å². The summed E-state index contributed by atoms with van der Waals surface area (Å²) in [6.07, 6.45) is 3.81. The van der Waals surface area contributed by atoms with E-state index in [-0.39, 0.29) is 12.1 Å². The molecule has 2 unspecified atom stereocenters. The molecule has 1 fully saturated rings. The summed E-state index contributed by atoms with van der Waals surface area (Å²) in [6, 6.07) is 4.23. The molecule has 1 aliphatic rings. The molecule has 0 saturated carbocycles. The fourth-order valence-electron chi connectivity index (χ4n) is 2.16. The van der Waals surface area contributed by atoms with Crippen molar-refractivity contribution in [2.45, 2.75) is 38.3 Å². The first-order chi connectivity index (χ1) is 7.31. The van der Waals surface area contributed by atoms with Gasteiger partial charge in [-0.15, -0.1) is 0 Å². The summed E-state index contributed by atoms with van der Waals surface area (Å²) >= 11 is 0. The minimum Gasteiger partial charge on any atom is -0.465 e. The second-order valence-corrected chi connectivity index (χ2v) is 4.12. The maximum atomic E-state index is 5.77. The highest BCUT2D eigenvalue weighted by Crippen LogP contribution is 2.27. The van der Waals surface area contributed by atoms with E-state index in [1.165, 1.54) is 12.8 Å². The van der Waals surface area contributed by atoms with E-state index in [2.05, 4.69) is 5.32 Å². The van der Waals surface area contributed by atoms with Gasteiger partial charge in [-0.1, -0.05) is 0 Å². The number of ether oxygens (including phenoxy) is 1. The standard InChI is InChI=1S/C12H19NO2/c1-9-6-7-11(15-9)12(13-2)10-5-3-4-8-14-10/h6-7,10,12-13H,3-5,8H2,1-2H3. The second kappa shape index (κ2) is 4.81. The number of aryl methyl sites for hydroxylation is 1. The molecule has 2 heterocycles. The van der Waals surface area contributed by atoms with Gasteiger partial charge in [0.15, 0.2) is 0 Å². The lowest BCUT2D eigenvalue weighted by molar-refractivity contribution is -0.0110. The summed E-state index contributed by atoms with van der Waals surface area (Å²) < 4.78 is 11.4. The van der Waals surface area contributed by atoms with Crippen LogP contribution in [0.4, 0.5) is 0 Å². The predicted molar refractivity (Wildman–Crippen MR) is 58.8 cm³/mol. The minimum absolute atomic E-state index is 0.194. The highest BCUT2D eigenvalue weighted by atomic mass is 16.5. The Labute approximate surface area is 90.8 Å². The number of likely N-dealkylation sites (N-methyl/N-ethyl adjacent to an activating group) is 1. The van der Waals surface area contributed by atoms with Crippen molar-refractivity contribution >= 4 is 0 Å². The SMILES string of the molecule is CNC(c1ccc(C)o1)C1CCCCO1. The molecule has 15 heavy (non-hydrogen) atoms. The van der Waals surface area contributed by atoms with Gasteiger partial charge in [-0.05, 0) is 45.4 Å². The average molecular weight is 209 g/mol. The Morgan fingerprint density at radius 1 is 1.40 bits per heavy atom. The van der Waals surface area contributed by atoms with Crippen LogP contribution < -0.4 is 5.32 Å². The molecule has 1 saturated heterocycles. The zero-order valence-corrected chi connectivity index (χ0v) is 9.45. The van der Waals surface area contributed by atoms with E-state index in [1.807, 2.05) is 26.1 Å². The van der Waals surface area contributed by atoms with Crippen molar-refractivity contribution in [3.8, 4) is 0 Å². The van der Waals surface area contributed by atoms with Gasteiger partial charge in [0.05, 0.1) is 12.1 Å². The molecule has 0 spiro atoms. The Bertz CT molecular complexity index is 302. The number of rotatable bonds is 3. The Morgan fingerprint density at radius 2 is 2.27 bits per heavy atom. The topological polar surface area (TPSA) is 34.4 Å².